The number of ether oxygens (including phenoxy) is 2. The second-order valence-corrected chi connectivity index (χ2v) is 6.80. The topological polar surface area (TPSA) is 111 Å². The lowest BCUT2D eigenvalue weighted by atomic mass is 10.0. The molecule has 2 aromatic carbocycles. The van der Waals surface area contributed by atoms with Crippen LogP contribution in [0.3, 0.4) is 0 Å². The Morgan fingerprint density at radius 3 is 2.40 bits per heavy atom. The highest BCUT2D eigenvalue weighted by atomic mass is 16.6. The van der Waals surface area contributed by atoms with Crippen LogP contribution in [-0.4, -0.2) is 41.4 Å². The van der Waals surface area contributed by atoms with E-state index in [1.807, 2.05) is 6.92 Å². The van der Waals surface area contributed by atoms with E-state index in [0.717, 1.165) is 0 Å². The number of nitrogens with one attached hydrogen (secondary N) is 1. The van der Waals surface area contributed by atoms with Crippen LogP contribution >= 0.6 is 0 Å². The van der Waals surface area contributed by atoms with E-state index >= 15 is 0 Å². The molecule has 154 valence electrons. The molecule has 1 N–H and O–H groups in total. The standard InChI is InChI=1S/C21H19N3O6/c1-2-9-23-20(25)18(13-3-6-15(7-4-13)24(27)28)19(21(23)26)22-14-5-8-16-17(12-14)30-11-10-29-16/h3-8,12,22H,2,9-11H2,1H3. The number of benzene rings is 2. The molecule has 0 unspecified atom stereocenters. The van der Waals surface area contributed by atoms with Crippen molar-refractivity contribution >= 4 is 28.8 Å². The minimum Gasteiger partial charge on any atom is -0.486 e. The van der Waals surface area contributed by atoms with Gasteiger partial charge in [-0.2, -0.15) is 0 Å². The smallest absolute Gasteiger partial charge is 0.278 e. The molecule has 2 heterocycles. The van der Waals surface area contributed by atoms with Crippen molar-refractivity contribution in [3.63, 3.8) is 0 Å². The fourth-order valence-electron chi connectivity index (χ4n) is 3.40. The molecule has 0 fully saturated rings. The molecule has 2 aliphatic rings. The summed E-state index contributed by atoms with van der Waals surface area (Å²) in [5.74, 6) is 0.282. The lowest BCUT2D eigenvalue weighted by Crippen LogP contribution is -2.33. The fraction of sp³-hybridized carbons (Fsp3) is 0.238. The first-order valence-electron chi connectivity index (χ1n) is 9.51. The highest BCUT2D eigenvalue weighted by Crippen LogP contribution is 2.35. The Kier molecular flexibility index (Phi) is 5.09. The number of imide groups is 1. The summed E-state index contributed by atoms with van der Waals surface area (Å²) in [5, 5.41) is 14.0. The zero-order chi connectivity index (χ0) is 21.3. The Bertz CT molecular complexity index is 1060. The number of nitro groups is 1. The molecule has 0 atom stereocenters. The summed E-state index contributed by atoms with van der Waals surface area (Å²) >= 11 is 0. The summed E-state index contributed by atoms with van der Waals surface area (Å²) in [4.78, 5) is 37.6. The maximum Gasteiger partial charge on any atom is 0.278 e. The number of non-ortho nitro benzene ring substituents is 1. The normalized spacial score (nSPS) is 15.6. The van der Waals surface area contributed by atoms with E-state index in [1.54, 1.807) is 18.2 Å². The Hall–Kier alpha value is -3.88. The summed E-state index contributed by atoms with van der Waals surface area (Å²) < 4.78 is 11.1. The van der Waals surface area contributed by atoms with E-state index in [0.29, 0.717) is 42.4 Å². The van der Waals surface area contributed by atoms with Crippen molar-refractivity contribution in [2.45, 2.75) is 13.3 Å². The quantitative estimate of drug-likeness (QED) is 0.443. The van der Waals surface area contributed by atoms with Crippen molar-refractivity contribution < 1.29 is 24.0 Å². The molecular weight excluding hydrogens is 390 g/mol. The van der Waals surface area contributed by atoms with Gasteiger partial charge in [0.25, 0.3) is 17.5 Å². The molecule has 2 aromatic rings. The van der Waals surface area contributed by atoms with E-state index in [4.69, 9.17) is 9.47 Å². The minimum atomic E-state index is -0.516. The van der Waals surface area contributed by atoms with Gasteiger partial charge in [-0.25, -0.2) is 0 Å². The number of carbonyl (C=O) groups is 2. The molecule has 2 aliphatic heterocycles. The molecule has 0 saturated heterocycles. The van der Waals surface area contributed by atoms with Crippen molar-refractivity contribution in [1.82, 2.24) is 4.90 Å². The van der Waals surface area contributed by atoms with Gasteiger partial charge in [0.15, 0.2) is 11.5 Å². The predicted molar refractivity (Wildman–Crippen MR) is 108 cm³/mol. The van der Waals surface area contributed by atoms with E-state index in [9.17, 15) is 19.7 Å². The molecule has 0 radical (unpaired) electrons. The predicted octanol–water partition coefficient (Wildman–Crippen LogP) is 2.97. The first kappa shape index (κ1) is 19.4. The van der Waals surface area contributed by atoms with Crippen molar-refractivity contribution in [3.8, 4) is 11.5 Å². The summed E-state index contributed by atoms with van der Waals surface area (Å²) in [5.41, 5.74) is 1.20. The third-order valence-electron chi connectivity index (χ3n) is 4.79. The Morgan fingerprint density at radius 2 is 1.73 bits per heavy atom. The van der Waals surface area contributed by atoms with Crippen LogP contribution in [0.5, 0.6) is 11.5 Å². The molecular formula is C21H19N3O6. The van der Waals surface area contributed by atoms with Crippen molar-refractivity contribution in [2.24, 2.45) is 0 Å². The van der Waals surface area contributed by atoms with Gasteiger partial charge in [-0.05, 0) is 36.2 Å². The molecule has 0 aromatic heterocycles. The monoisotopic (exact) mass is 409 g/mol. The third-order valence-corrected chi connectivity index (χ3v) is 4.79. The number of nitro benzene ring substituents is 1. The maximum absolute atomic E-state index is 13.0. The number of amides is 2. The van der Waals surface area contributed by atoms with Gasteiger partial charge >= 0.3 is 0 Å². The Morgan fingerprint density at radius 1 is 1.03 bits per heavy atom. The third kappa shape index (κ3) is 3.45. The molecule has 2 amide bonds. The van der Waals surface area contributed by atoms with Gasteiger partial charge in [0.05, 0.1) is 10.5 Å². The first-order chi connectivity index (χ1) is 14.5. The van der Waals surface area contributed by atoms with Crippen LogP contribution in [0.1, 0.15) is 18.9 Å². The van der Waals surface area contributed by atoms with E-state index in [1.165, 1.54) is 29.2 Å². The van der Waals surface area contributed by atoms with Crippen LogP contribution in [0, 0.1) is 10.1 Å². The molecule has 9 heteroatoms. The fourth-order valence-corrected chi connectivity index (χ4v) is 3.40. The largest absolute Gasteiger partial charge is 0.486 e. The number of fused-ring (bicyclic) bond motifs is 1. The van der Waals surface area contributed by atoms with E-state index in [2.05, 4.69) is 5.32 Å². The van der Waals surface area contributed by atoms with E-state index in [-0.39, 0.29) is 23.5 Å². The number of rotatable bonds is 6. The second kappa shape index (κ2) is 7.86. The molecule has 0 spiro atoms. The van der Waals surface area contributed by atoms with Crippen LogP contribution in [0.25, 0.3) is 5.57 Å². The first-order valence-corrected chi connectivity index (χ1v) is 9.51. The van der Waals surface area contributed by atoms with Gasteiger partial charge in [-0.15, -0.1) is 0 Å². The molecule has 0 bridgehead atoms. The van der Waals surface area contributed by atoms with E-state index < -0.39 is 16.7 Å². The van der Waals surface area contributed by atoms with Crippen molar-refractivity contribution in [2.75, 3.05) is 25.1 Å². The number of carbonyl (C=O) groups excluding carboxylic acids is 2. The van der Waals surface area contributed by atoms with Crippen molar-refractivity contribution in [1.29, 1.82) is 0 Å². The number of hydrogen-bond donors (Lipinski definition) is 1. The lowest BCUT2D eigenvalue weighted by Gasteiger charge is -2.19. The Labute approximate surface area is 172 Å². The zero-order valence-electron chi connectivity index (χ0n) is 16.2. The number of nitrogens with zero attached hydrogens (tertiary/aromatic N) is 2. The van der Waals surface area contributed by atoms with Gasteiger partial charge in [-0.1, -0.05) is 6.92 Å². The lowest BCUT2D eigenvalue weighted by molar-refractivity contribution is -0.384. The average Bonchev–Trinajstić information content (AvgIpc) is 2.98. The average molecular weight is 409 g/mol. The molecule has 4 rings (SSSR count). The maximum atomic E-state index is 13.0. The van der Waals surface area contributed by atoms with Crippen LogP contribution in [0.4, 0.5) is 11.4 Å². The highest BCUT2D eigenvalue weighted by molar-refractivity contribution is 6.36. The van der Waals surface area contributed by atoms with Gasteiger partial charge in [0.1, 0.15) is 18.9 Å². The van der Waals surface area contributed by atoms with Gasteiger partial charge in [0.2, 0.25) is 0 Å². The van der Waals surface area contributed by atoms with Gasteiger partial charge < -0.3 is 14.8 Å². The molecule has 0 saturated carbocycles. The van der Waals surface area contributed by atoms with Gasteiger partial charge in [0, 0.05) is 30.4 Å². The summed E-state index contributed by atoms with van der Waals surface area (Å²) in [7, 11) is 0. The van der Waals surface area contributed by atoms with Crippen molar-refractivity contribution in [3.05, 3.63) is 63.8 Å². The summed E-state index contributed by atoms with van der Waals surface area (Å²) in [6.07, 6.45) is 0.613. The molecule has 9 nitrogen and oxygen atoms in total. The Balaban J connectivity index is 1.74. The number of hydrogen-bond acceptors (Lipinski definition) is 7. The highest BCUT2D eigenvalue weighted by Gasteiger charge is 2.38. The number of anilines is 1. The van der Waals surface area contributed by atoms with Gasteiger partial charge in [-0.3, -0.25) is 24.6 Å². The SMILES string of the molecule is CCCN1C(=O)C(Nc2ccc3c(c2)OCCO3)=C(c2ccc([N+](=O)[O-])cc2)C1=O. The zero-order valence-corrected chi connectivity index (χ0v) is 16.2. The second-order valence-electron chi connectivity index (χ2n) is 6.80. The van der Waals surface area contributed by atoms with Crippen LogP contribution in [0.2, 0.25) is 0 Å². The molecule has 0 aliphatic carbocycles. The molecule has 30 heavy (non-hydrogen) atoms. The minimum absolute atomic E-state index is 0.0946. The van der Waals surface area contributed by atoms with Crippen LogP contribution < -0.4 is 14.8 Å². The van der Waals surface area contributed by atoms with Crippen LogP contribution in [0.15, 0.2) is 48.2 Å². The summed E-state index contributed by atoms with van der Waals surface area (Å²) in [6.45, 7) is 3.04. The van der Waals surface area contributed by atoms with Crippen LogP contribution in [-0.2, 0) is 9.59 Å². The summed E-state index contributed by atoms with van der Waals surface area (Å²) in [6, 6.07) is 10.7.